The second-order valence-corrected chi connectivity index (χ2v) is 2.95. The predicted molar refractivity (Wildman–Crippen MR) is 29.4 cm³/mol. The number of hydrogen-bond donors (Lipinski definition) is 0. The summed E-state index contributed by atoms with van der Waals surface area (Å²) in [7, 11) is -1.41. The van der Waals surface area contributed by atoms with E-state index in [4.69, 9.17) is 15.8 Å². The van der Waals surface area contributed by atoms with Gasteiger partial charge in [-0.1, -0.05) is 0 Å². The fourth-order valence-electron chi connectivity index (χ4n) is 0.353. The van der Waals surface area contributed by atoms with E-state index in [1.54, 1.807) is 0 Å². The standard InChI is InChI=1S/C3H4ClO3P/c4-8-6-2-1-3(5)7-8/h1-2H2. The van der Waals surface area contributed by atoms with Gasteiger partial charge in [0, 0.05) is 0 Å². The van der Waals surface area contributed by atoms with Crippen LogP contribution in [0.25, 0.3) is 0 Å². The third kappa shape index (κ3) is 1.58. The molecule has 1 fully saturated rings. The number of carbonyl (C=O) groups is 1. The summed E-state index contributed by atoms with van der Waals surface area (Å²) in [4.78, 5) is 10.3. The van der Waals surface area contributed by atoms with E-state index < -0.39 is 7.73 Å². The molecule has 0 aromatic rings. The molecule has 1 atom stereocenters. The highest BCUT2D eigenvalue weighted by atomic mass is 35.7. The second kappa shape index (κ2) is 2.62. The predicted octanol–water partition coefficient (Wildman–Crippen LogP) is 1.42. The zero-order valence-corrected chi connectivity index (χ0v) is 5.61. The van der Waals surface area contributed by atoms with Crippen molar-refractivity contribution >= 4 is 24.9 Å². The van der Waals surface area contributed by atoms with Crippen LogP contribution in [0.4, 0.5) is 0 Å². The number of halogens is 1. The van der Waals surface area contributed by atoms with Gasteiger partial charge in [-0.25, -0.2) is 0 Å². The van der Waals surface area contributed by atoms with Crippen LogP contribution in [0, 0.1) is 0 Å². The van der Waals surface area contributed by atoms with E-state index in [1.807, 2.05) is 0 Å². The van der Waals surface area contributed by atoms with Crippen LogP contribution in [0.1, 0.15) is 6.42 Å². The van der Waals surface area contributed by atoms with E-state index in [0.717, 1.165) is 0 Å². The second-order valence-electron chi connectivity index (χ2n) is 1.26. The van der Waals surface area contributed by atoms with Gasteiger partial charge in [-0.15, -0.1) is 0 Å². The lowest BCUT2D eigenvalue weighted by Crippen LogP contribution is -2.09. The van der Waals surface area contributed by atoms with Gasteiger partial charge in [0.2, 0.25) is 0 Å². The molecule has 1 unspecified atom stereocenters. The first-order valence-corrected chi connectivity index (χ1v) is 4.17. The molecule has 1 saturated heterocycles. The van der Waals surface area contributed by atoms with Crippen LogP contribution in [0.5, 0.6) is 0 Å². The molecule has 8 heavy (non-hydrogen) atoms. The molecule has 3 nitrogen and oxygen atoms in total. The molecular formula is C3H4ClO3P. The summed E-state index contributed by atoms with van der Waals surface area (Å²) in [5, 5.41) is 0. The average Bonchev–Trinajstić information content (AvgIpc) is 1.64. The summed E-state index contributed by atoms with van der Waals surface area (Å²) in [5.41, 5.74) is 0. The Morgan fingerprint density at radius 2 is 2.50 bits per heavy atom. The Kier molecular flexibility index (Phi) is 2.06. The lowest BCUT2D eigenvalue weighted by Gasteiger charge is -2.13. The van der Waals surface area contributed by atoms with Crippen LogP contribution in [0.2, 0.25) is 0 Å². The molecule has 0 aromatic carbocycles. The first-order chi connectivity index (χ1) is 3.79. The molecule has 0 aromatic heterocycles. The van der Waals surface area contributed by atoms with Gasteiger partial charge in [-0.05, 0) is 11.2 Å². The SMILES string of the molecule is O=C1CCOP(Cl)O1. The highest BCUT2D eigenvalue weighted by Gasteiger charge is 2.19. The molecule has 1 aliphatic rings. The van der Waals surface area contributed by atoms with Gasteiger partial charge in [-0.2, -0.15) is 0 Å². The molecule has 0 radical (unpaired) electrons. The summed E-state index contributed by atoms with van der Waals surface area (Å²) < 4.78 is 9.19. The van der Waals surface area contributed by atoms with Crippen LogP contribution in [0.15, 0.2) is 0 Å². The molecule has 1 rings (SSSR count). The molecule has 1 aliphatic heterocycles. The maximum atomic E-state index is 10.3. The van der Waals surface area contributed by atoms with Gasteiger partial charge >= 0.3 is 13.7 Å². The molecule has 1 heterocycles. The normalized spacial score (nSPS) is 29.6. The van der Waals surface area contributed by atoms with E-state index in [1.165, 1.54) is 0 Å². The zero-order chi connectivity index (χ0) is 5.98. The summed E-state index contributed by atoms with van der Waals surface area (Å²) in [6.45, 7) is 0.397. The van der Waals surface area contributed by atoms with Crippen LogP contribution in [-0.2, 0) is 13.8 Å². The number of rotatable bonds is 0. The fraction of sp³-hybridized carbons (Fsp3) is 0.667. The van der Waals surface area contributed by atoms with Crippen LogP contribution < -0.4 is 0 Å². The lowest BCUT2D eigenvalue weighted by molar-refractivity contribution is -0.136. The van der Waals surface area contributed by atoms with Crippen molar-refractivity contribution in [2.45, 2.75) is 6.42 Å². The molecule has 5 heteroatoms. The summed E-state index contributed by atoms with van der Waals surface area (Å²) in [6.07, 6.45) is 0.325. The van der Waals surface area contributed by atoms with Crippen molar-refractivity contribution in [1.82, 2.24) is 0 Å². The first kappa shape index (κ1) is 6.27. The topological polar surface area (TPSA) is 35.5 Å². The van der Waals surface area contributed by atoms with Gasteiger partial charge in [0.1, 0.15) is 0 Å². The molecule has 0 amide bonds. The summed E-state index contributed by atoms with van der Waals surface area (Å²) in [5.74, 6) is -0.266. The average molecular weight is 154 g/mol. The smallest absolute Gasteiger partial charge is 0.340 e. The third-order valence-electron chi connectivity index (χ3n) is 0.673. The van der Waals surface area contributed by atoms with Gasteiger partial charge in [0.25, 0.3) is 0 Å². The Morgan fingerprint density at radius 1 is 1.75 bits per heavy atom. The van der Waals surface area contributed by atoms with Gasteiger partial charge < -0.3 is 9.05 Å². The van der Waals surface area contributed by atoms with Crippen molar-refractivity contribution in [3.05, 3.63) is 0 Å². The fourth-order valence-corrected chi connectivity index (χ4v) is 1.33. The lowest BCUT2D eigenvalue weighted by atomic mass is 10.5. The van der Waals surface area contributed by atoms with Gasteiger partial charge in [0.05, 0.1) is 13.0 Å². The van der Waals surface area contributed by atoms with E-state index in [0.29, 0.717) is 13.0 Å². The zero-order valence-electron chi connectivity index (χ0n) is 3.96. The highest BCUT2D eigenvalue weighted by molar-refractivity contribution is 7.76. The molecule has 0 N–H and O–H groups in total. The monoisotopic (exact) mass is 154 g/mol. The van der Waals surface area contributed by atoms with E-state index in [9.17, 15) is 4.79 Å². The van der Waals surface area contributed by atoms with Crippen molar-refractivity contribution < 1.29 is 13.8 Å². The Labute approximate surface area is 52.6 Å². The third-order valence-corrected chi connectivity index (χ3v) is 1.91. The highest BCUT2D eigenvalue weighted by Crippen LogP contribution is 2.46. The quantitative estimate of drug-likeness (QED) is 0.495. The minimum atomic E-state index is -1.41. The summed E-state index contributed by atoms with van der Waals surface area (Å²) in [6, 6.07) is 0. The number of hydrogen-bond acceptors (Lipinski definition) is 3. The van der Waals surface area contributed by atoms with E-state index in [2.05, 4.69) is 4.52 Å². The van der Waals surface area contributed by atoms with Crippen molar-refractivity contribution in [2.24, 2.45) is 0 Å². The van der Waals surface area contributed by atoms with Crippen molar-refractivity contribution in [1.29, 1.82) is 0 Å². The molecule has 0 spiro atoms. The Hall–Kier alpha value is 0.150. The largest absolute Gasteiger partial charge is 0.404 e. The maximum absolute atomic E-state index is 10.3. The molecule has 0 bridgehead atoms. The Balaban J connectivity index is 2.34. The van der Waals surface area contributed by atoms with Crippen LogP contribution >= 0.6 is 19.0 Å². The van der Waals surface area contributed by atoms with Crippen LogP contribution in [0.3, 0.4) is 0 Å². The van der Waals surface area contributed by atoms with E-state index >= 15 is 0 Å². The summed E-state index contributed by atoms with van der Waals surface area (Å²) >= 11 is 5.31. The molecular weight excluding hydrogens is 150 g/mol. The minimum Gasteiger partial charge on any atom is -0.404 e. The minimum absolute atomic E-state index is 0.266. The Bertz CT molecular complexity index is 107. The van der Waals surface area contributed by atoms with Crippen molar-refractivity contribution in [2.75, 3.05) is 6.61 Å². The first-order valence-electron chi connectivity index (χ1n) is 2.08. The number of carbonyl (C=O) groups excluding carboxylic acids is 1. The van der Waals surface area contributed by atoms with Crippen molar-refractivity contribution in [3.8, 4) is 0 Å². The molecule has 0 saturated carbocycles. The van der Waals surface area contributed by atoms with Gasteiger partial charge in [0.15, 0.2) is 0 Å². The molecule has 46 valence electrons. The van der Waals surface area contributed by atoms with E-state index in [-0.39, 0.29) is 5.97 Å². The maximum Gasteiger partial charge on any atom is 0.340 e. The van der Waals surface area contributed by atoms with Crippen LogP contribution in [-0.4, -0.2) is 12.6 Å². The Morgan fingerprint density at radius 3 is 2.88 bits per heavy atom. The van der Waals surface area contributed by atoms with Gasteiger partial charge in [-0.3, -0.25) is 4.79 Å². The van der Waals surface area contributed by atoms with Crippen molar-refractivity contribution in [3.63, 3.8) is 0 Å². The molecule has 0 aliphatic carbocycles.